The van der Waals surface area contributed by atoms with Gasteiger partial charge in [0.2, 0.25) is 5.91 Å². The molecule has 3 rings (SSSR count). The number of aromatic amines is 1. The standard InChI is InChI=1S/C16H15N5O2/c1-23-13-6-4-12(5-7-13)18-15(22)9-14-19-16(21-20-14)11-3-2-8-17-10-11/h2-8,10H,9H2,1H3,(H,18,22)(H,19,20,21). The zero-order valence-corrected chi connectivity index (χ0v) is 12.5. The summed E-state index contributed by atoms with van der Waals surface area (Å²) in [6.07, 6.45) is 3.46. The van der Waals surface area contributed by atoms with Gasteiger partial charge in [-0.15, -0.1) is 0 Å². The number of aromatic nitrogens is 4. The average Bonchev–Trinajstić information content (AvgIpc) is 3.04. The molecule has 3 aromatic rings. The molecule has 2 N–H and O–H groups in total. The van der Waals surface area contributed by atoms with Gasteiger partial charge in [-0.1, -0.05) is 0 Å². The third-order valence-electron chi connectivity index (χ3n) is 3.15. The van der Waals surface area contributed by atoms with E-state index in [0.29, 0.717) is 17.3 Å². The number of hydrogen-bond acceptors (Lipinski definition) is 5. The highest BCUT2D eigenvalue weighted by Crippen LogP contribution is 2.15. The Morgan fingerprint density at radius 1 is 1.26 bits per heavy atom. The summed E-state index contributed by atoms with van der Waals surface area (Å²) in [6, 6.07) is 10.8. The minimum absolute atomic E-state index is 0.110. The van der Waals surface area contributed by atoms with Crippen LogP contribution in [0.3, 0.4) is 0 Å². The fourth-order valence-electron chi connectivity index (χ4n) is 2.03. The molecule has 0 unspecified atom stereocenters. The Bertz CT molecular complexity index is 784. The summed E-state index contributed by atoms with van der Waals surface area (Å²) in [5, 5.41) is 9.66. The Morgan fingerprint density at radius 2 is 2.09 bits per heavy atom. The zero-order valence-electron chi connectivity index (χ0n) is 12.5. The van der Waals surface area contributed by atoms with Gasteiger partial charge in [0.05, 0.1) is 13.5 Å². The van der Waals surface area contributed by atoms with Crippen LogP contribution in [0.25, 0.3) is 11.4 Å². The fraction of sp³-hybridized carbons (Fsp3) is 0.125. The number of carbonyl (C=O) groups excluding carboxylic acids is 1. The number of carbonyl (C=O) groups is 1. The third kappa shape index (κ3) is 3.70. The molecule has 0 aliphatic rings. The van der Waals surface area contributed by atoms with Gasteiger partial charge in [0, 0.05) is 23.6 Å². The molecular weight excluding hydrogens is 294 g/mol. The Balaban J connectivity index is 1.63. The molecule has 0 radical (unpaired) electrons. The van der Waals surface area contributed by atoms with Crippen LogP contribution in [-0.4, -0.2) is 33.2 Å². The van der Waals surface area contributed by atoms with Crippen molar-refractivity contribution >= 4 is 11.6 Å². The van der Waals surface area contributed by atoms with Crippen molar-refractivity contribution < 1.29 is 9.53 Å². The van der Waals surface area contributed by atoms with Crippen molar-refractivity contribution in [2.45, 2.75) is 6.42 Å². The number of anilines is 1. The maximum atomic E-state index is 12.0. The van der Waals surface area contributed by atoms with Crippen molar-refractivity contribution in [3.63, 3.8) is 0 Å². The third-order valence-corrected chi connectivity index (χ3v) is 3.15. The second-order valence-electron chi connectivity index (χ2n) is 4.80. The first-order chi connectivity index (χ1) is 11.2. The highest BCUT2D eigenvalue weighted by molar-refractivity contribution is 5.91. The van der Waals surface area contributed by atoms with Crippen molar-refractivity contribution in [3.05, 3.63) is 54.6 Å². The van der Waals surface area contributed by atoms with E-state index in [0.717, 1.165) is 11.3 Å². The van der Waals surface area contributed by atoms with E-state index in [1.54, 1.807) is 43.8 Å². The molecule has 7 nitrogen and oxygen atoms in total. The molecule has 0 bridgehead atoms. The van der Waals surface area contributed by atoms with Gasteiger partial charge in [0.15, 0.2) is 5.82 Å². The lowest BCUT2D eigenvalue weighted by Gasteiger charge is -2.05. The van der Waals surface area contributed by atoms with Gasteiger partial charge in [0.25, 0.3) is 0 Å². The summed E-state index contributed by atoms with van der Waals surface area (Å²) in [7, 11) is 1.59. The normalized spacial score (nSPS) is 10.3. The Morgan fingerprint density at radius 3 is 2.78 bits per heavy atom. The van der Waals surface area contributed by atoms with Crippen LogP contribution in [0.15, 0.2) is 48.8 Å². The molecule has 2 heterocycles. The number of methoxy groups -OCH3 is 1. The summed E-state index contributed by atoms with van der Waals surface area (Å²) in [6.45, 7) is 0. The van der Waals surface area contributed by atoms with Crippen LogP contribution in [0.2, 0.25) is 0 Å². The first-order valence-corrected chi connectivity index (χ1v) is 7.00. The van der Waals surface area contributed by atoms with E-state index < -0.39 is 0 Å². The van der Waals surface area contributed by atoms with E-state index in [-0.39, 0.29) is 12.3 Å². The maximum Gasteiger partial charge on any atom is 0.232 e. The van der Waals surface area contributed by atoms with Crippen LogP contribution in [0.5, 0.6) is 5.75 Å². The van der Waals surface area contributed by atoms with Gasteiger partial charge in [-0.3, -0.25) is 14.9 Å². The van der Waals surface area contributed by atoms with E-state index in [1.807, 2.05) is 12.1 Å². The van der Waals surface area contributed by atoms with E-state index >= 15 is 0 Å². The molecule has 0 aliphatic heterocycles. The Kier molecular flexibility index (Phi) is 4.28. The largest absolute Gasteiger partial charge is 0.497 e. The topological polar surface area (TPSA) is 92.8 Å². The molecule has 0 spiro atoms. The molecule has 23 heavy (non-hydrogen) atoms. The van der Waals surface area contributed by atoms with Gasteiger partial charge >= 0.3 is 0 Å². The van der Waals surface area contributed by atoms with Crippen molar-refractivity contribution in [2.24, 2.45) is 0 Å². The number of benzene rings is 1. The first-order valence-electron chi connectivity index (χ1n) is 7.00. The molecule has 0 aliphatic carbocycles. The Labute approximate surface area is 132 Å². The number of hydrogen-bond donors (Lipinski definition) is 2. The number of nitrogens with zero attached hydrogens (tertiary/aromatic N) is 3. The van der Waals surface area contributed by atoms with Crippen molar-refractivity contribution in [2.75, 3.05) is 12.4 Å². The Hall–Kier alpha value is -3.22. The van der Waals surface area contributed by atoms with E-state index in [1.165, 1.54) is 0 Å². The first kappa shape index (κ1) is 14.7. The van der Waals surface area contributed by atoms with Crippen molar-refractivity contribution in [3.8, 4) is 17.1 Å². The summed E-state index contributed by atoms with van der Waals surface area (Å²) in [4.78, 5) is 20.4. The second-order valence-corrected chi connectivity index (χ2v) is 4.80. The molecule has 1 aromatic carbocycles. The molecule has 2 aromatic heterocycles. The fourth-order valence-corrected chi connectivity index (χ4v) is 2.03. The number of ether oxygens (including phenoxy) is 1. The van der Waals surface area contributed by atoms with E-state index in [9.17, 15) is 4.79 Å². The van der Waals surface area contributed by atoms with Crippen LogP contribution < -0.4 is 10.1 Å². The molecule has 0 fully saturated rings. The smallest absolute Gasteiger partial charge is 0.232 e. The van der Waals surface area contributed by atoms with Crippen LogP contribution in [0, 0.1) is 0 Å². The van der Waals surface area contributed by atoms with Gasteiger partial charge in [-0.2, -0.15) is 5.10 Å². The summed E-state index contributed by atoms with van der Waals surface area (Å²) < 4.78 is 5.07. The zero-order chi connectivity index (χ0) is 16.1. The lowest BCUT2D eigenvalue weighted by Crippen LogP contribution is -2.15. The van der Waals surface area contributed by atoms with E-state index in [4.69, 9.17) is 4.74 Å². The van der Waals surface area contributed by atoms with Crippen LogP contribution in [0.1, 0.15) is 5.82 Å². The molecule has 0 saturated carbocycles. The van der Waals surface area contributed by atoms with E-state index in [2.05, 4.69) is 25.5 Å². The molecule has 0 atom stereocenters. The number of H-pyrrole nitrogens is 1. The maximum absolute atomic E-state index is 12.0. The molecule has 0 saturated heterocycles. The minimum Gasteiger partial charge on any atom is -0.497 e. The molecule has 116 valence electrons. The molecule has 1 amide bonds. The lowest BCUT2D eigenvalue weighted by molar-refractivity contribution is -0.115. The highest BCUT2D eigenvalue weighted by Gasteiger charge is 2.10. The second kappa shape index (κ2) is 6.69. The SMILES string of the molecule is COc1ccc(NC(=O)Cc2nc(-c3cccnc3)n[nH]2)cc1. The summed E-state index contributed by atoms with van der Waals surface area (Å²) >= 11 is 0. The summed E-state index contributed by atoms with van der Waals surface area (Å²) in [5.74, 6) is 1.57. The van der Waals surface area contributed by atoms with Gasteiger partial charge in [-0.25, -0.2) is 4.98 Å². The monoisotopic (exact) mass is 309 g/mol. The average molecular weight is 309 g/mol. The highest BCUT2D eigenvalue weighted by atomic mass is 16.5. The molecule has 7 heteroatoms. The predicted molar refractivity (Wildman–Crippen MR) is 84.9 cm³/mol. The minimum atomic E-state index is -0.177. The number of pyridine rings is 1. The number of nitrogens with one attached hydrogen (secondary N) is 2. The van der Waals surface area contributed by atoms with Crippen LogP contribution in [-0.2, 0) is 11.2 Å². The quantitative estimate of drug-likeness (QED) is 0.752. The number of amides is 1. The predicted octanol–water partition coefficient (Wildman–Crippen LogP) is 2.06. The van der Waals surface area contributed by atoms with Crippen LogP contribution in [0.4, 0.5) is 5.69 Å². The summed E-state index contributed by atoms with van der Waals surface area (Å²) in [5.41, 5.74) is 1.49. The van der Waals surface area contributed by atoms with Gasteiger partial charge in [-0.05, 0) is 36.4 Å². The lowest BCUT2D eigenvalue weighted by atomic mass is 10.2. The van der Waals surface area contributed by atoms with Crippen molar-refractivity contribution in [1.29, 1.82) is 0 Å². The number of rotatable bonds is 5. The van der Waals surface area contributed by atoms with Crippen LogP contribution >= 0.6 is 0 Å². The van der Waals surface area contributed by atoms with Crippen molar-refractivity contribution in [1.82, 2.24) is 20.2 Å². The van der Waals surface area contributed by atoms with Gasteiger partial charge in [0.1, 0.15) is 11.6 Å². The van der Waals surface area contributed by atoms with Gasteiger partial charge < -0.3 is 10.1 Å². The molecular formula is C16H15N5O2.